The molecule has 5 aromatic rings. The fourth-order valence-electron chi connectivity index (χ4n) is 5.73. The maximum Gasteiger partial charge on any atom is 0.255 e. The van der Waals surface area contributed by atoms with Crippen molar-refractivity contribution in [1.82, 2.24) is 24.6 Å². The van der Waals surface area contributed by atoms with Crippen molar-refractivity contribution in [2.75, 3.05) is 30.9 Å². The second-order valence-corrected chi connectivity index (χ2v) is 10.3. The average Bonchev–Trinajstić information content (AvgIpc) is 3.68. The summed E-state index contributed by atoms with van der Waals surface area (Å²) >= 11 is 0. The quantitative estimate of drug-likeness (QED) is 0.298. The normalized spacial score (nSPS) is 16.1. The highest BCUT2D eigenvalue weighted by molar-refractivity contribution is 6.08. The Bertz CT molecular complexity index is 1900. The van der Waals surface area contributed by atoms with E-state index in [9.17, 15) is 9.59 Å². The molecule has 7 rings (SSSR count). The Hall–Kier alpha value is -5.45. The van der Waals surface area contributed by atoms with Gasteiger partial charge in [0.1, 0.15) is 17.8 Å². The van der Waals surface area contributed by atoms with E-state index in [1.807, 2.05) is 47.1 Å². The molecule has 3 aromatic carbocycles. The largest absolute Gasteiger partial charge is 0.453 e. The second-order valence-electron chi connectivity index (χ2n) is 10.3. The number of aromatic nitrogens is 4. The average molecular weight is 562 g/mol. The number of fused-ring (bicyclic) bond motifs is 3. The van der Waals surface area contributed by atoms with Crippen LogP contribution < -0.4 is 20.5 Å². The molecule has 210 valence electrons. The van der Waals surface area contributed by atoms with E-state index < -0.39 is 0 Å². The van der Waals surface area contributed by atoms with Gasteiger partial charge in [-0.3, -0.25) is 9.59 Å². The van der Waals surface area contributed by atoms with Crippen LogP contribution in [0.5, 0.6) is 11.5 Å². The lowest BCUT2D eigenvalue weighted by Gasteiger charge is -2.32. The molecule has 3 N–H and O–H groups in total. The van der Waals surface area contributed by atoms with E-state index in [1.54, 1.807) is 17.0 Å². The van der Waals surface area contributed by atoms with Gasteiger partial charge in [0.15, 0.2) is 17.1 Å². The number of amides is 2. The van der Waals surface area contributed by atoms with Crippen molar-refractivity contribution in [2.24, 2.45) is 0 Å². The monoisotopic (exact) mass is 561 g/mol. The molecule has 0 spiro atoms. The van der Waals surface area contributed by atoms with E-state index in [0.717, 1.165) is 23.6 Å². The Labute approximate surface area is 240 Å². The first-order valence-corrected chi connectivity index (χ1v) is 13.6. The number of likely N-dealkylation sites (tertiary alicyclic amines) is 1. The Kier molecular flexibility index (Phi) is 6.19. The zero-order valence-electron chi connectivity index (χ0n) is 22.6. The van der Waals surface area contributed by atoms with Crippen LogP contribution in [0.2, 0.25) is 0 Å². The van der Waals surface area contributed by atoms with Gasteiger partial charge < -0.3 is 25.4 Å². The van der Waals surface area contributed by atoms with Crippen LogP contribution in [0.4, 0.5) is 11.5 Å². The predicted octanol–water partition coefficient (Wildman–Crippen LogP) is 4.56. The van der Waals surface area contributed by atoms with E-state index in [4.69, 9.17) is 20.3 Å². The summed E-state index contributed by atoms with van der Waals surface area (Å²) in [5.41, 5.74) is 9.10. The number of ether oxygens (including phenoxy) is 2. The number of carbonyl (C=O) groups excluding carboxylic acids is 2. The van der Waals surface area contributed by atoms with Gasteiger partial charge in [-0.15, -0.1) is 0 Å². The summed E-state index contributed by atoms with van der Waals surface area (Å²) in [5.74, 6) is 0.732. The van der Waals surface area contributed by atoms with Crippen molar-refractivity contribution in [3.05, 3.63) is 79.1 Å². The van der Waals surface area contributed by atoms with Gasteiger partial charge in [-0.2, -0.15) is 5.10 Å². The summed E-state index contributed by atoms with van der Waals surface area (Å²) in [6.45, 7) is 4.74. The number of piperidine rings is 1. The van der Waals surface area contributed by atoms with Gasteiger partial charge in [-0.1, -0.05) is 36.9 Å². The van der Waals surface area contributed by atoms with Gasteiger partial charge >= 0.3 is 0 Å². The minimum absolute atomic E-state index is 0.0168. The summed E-state index contributed by atoms with van der Waals surface area (Å²) in [4.78, 5) is 36.1. The summed E-state index contributed by atoms with van der Waals surface area (Å²) in [6, 6.07) is 16.9. The lowest BCUT2D eigenvalue weighted by molar-refractivity contribution is -0.127. The number of hydrogen-bond acceptors (Lipinski definition) is 8. The fourth-order valence-corrected chi connectivity index (χ4v) is 5.73. The standard InChI is InChI=1S/C31H27N7O4/c1-2-24(39)37-13-5-8-21(15-37)38-30-25(29(32)33-16-34-30)26(36-38)22-11-12-23(28-27(22)41-17-42-28)35-31(40)20-10-9-18-6-3-4-7-19(18)14-20/h2-4,6-7,9-12,14,16,21H,1,5,8,13,15,17H2,(H,35,40)(H2,32,33,34)/t21-/m1/s1. The zero-order chi connectivity index (χ0) is 28.8. The molecule has 0 bridgehead atoms. The molecule has 2 aliphatic heterocycles. The van der Waals surface area contributed by atoms with Gasteiger partial charge in [-0.25, -0.2) is 14.6 Å². The first-order chi connectivity index (χ1) is 20.5. The van der Waals surface area contributed by atoms with Crippen molar-refractivity contribution >= 4 is 45.1 Å². The van der Waals surface area contributed by atoms with Crippen LogP contribution in [0.1, 0.15) is 29.2 Å². The maximum absolute atomic E-state index is 13.2. The highest BCUT2D eigenvalue weighted by Crippen LogP contribution is 2.48. The molecule has 11 nitrogen and oxygen atoms in total. The van der Waals surface area contributed by atoms with Gasteiger partial charge in [0.25, 0.3) is 5.91 Å². The number of nitrogens with zero attached hydrogens (tertiary/aromatic N) is 5. The summed E-state index contributed by atoms with van der Waals surface area (Å²) < 4.78 is 13.6. The first kappa shape index (κ1) is 25.5. The molecule has 4 heterocycles. The number of nitrogens with two attached hydrogens (primary N) is 1. The van der Waals surface area contributed by atoms with E-state index >= 15 is 0 Å². The van der Waals surface area contributed by atoms with Crippen molar-refractivity contribution in [2.45, 2.75) is 18.9 Å². The number of nitrogens with one attached hydrogen (secondary N) is 1. The molecule has 11 heteroatoms. The first-order valence-electron chi connectivity index (χ1n) is 13.6. The zero-order valence-corrected chi connectivity index (χ0v) is 22.6. The lowest BCUT2D eigenvalue weighted by Crippen LogP contribution is -2.40. The van der Waals surface area contributed by atoms with Crippen molar-refractivity contribution in [1.29, 1.82) is 0 Å². The SMILES string of the molecule is C=CC(=O)N1CCC[C@@H](n2nc(-c3ccc(NC(=O)c4ccc5ccccc5c4)c4c3OCO4)c3c(N)ncnc32)C1. The van der Waals surface area contributed by atoms with Crippen LogP contribution in [0, 0.1) is 0 Å². The number of hydrogen-bond donors (Lipinski definition) is 2. The van der Waals surface area contributed by atoms with E-state index in [2.05, 4.69) is 21.9 Å². The summed E-state index contributed by atoms with van der Waals surface area (Å²) in [6.07, 6.45) is 4.37. The van der Waals surface area contributed by atoms with Crippen LogP contribution in [-0.2, 0) is 4.79 Å². The van der Waals surface area contributed by atoms with E-state index in [1.165, 1.54) is 12.4 Å². The molecule has 1 fully saturated rings. The summed E-state index contributed by atoms with van der Waals surface area (Å²) in [5, 5.41) is 10.5. The fraction of sp³-hybridized carbons (Fsp3) is 0.194. The minimum Gasteiger partial charge on any atom is -0.453 e. The minimum atomic E-state index is -0.269. The van der Waals surface area contributed by atoms with E-state index in [0.29, 0.717) is 58.1 Å². The second kappa shape index (κ2) is 10.2. The molecule has 1 atom stereocenters. The molecule has 2 aliphatic rings. The molecule has 2 aromatic heterocycles. The van der Waals surface area contributed by atoms with Gasteiger partial charge in [-0.05, 0) is 54.0 Å². The Morgan fingerprint density at radius 3 is 2.74 bits per heavy atom. The van der Waals surface area contributed by atoms with Gasteiger partial charge in [0, 0.05) is 24.2 Å². The maximum atomic E-state index is 13.2. The number of carbonyl (C=O) groups is 2. The Morgan fingerprint density at radius 2 is 1.88 bits per heavy atom. The number of nitrogen functional groups attached to an aromatic ring is 1. The topological polar surface area (TPSA) is 137 Å². The van der Waals surface area contributed by atoms with Crippen LogP contribution >= 0.6 is 0 Å². The molecule has 42 heavy (non-hydrogen) atoms. The summed E-state index contributed by atoms with van der Waals surface area (Å²) in [7, 11) is 0. The van der Waals surface area contributed by atoms with E-state index in [-0.39, 0.29) is 30.5 Å². The molecular weight excluding hydrogens is 534 g/mol. The molecule has 2 amide bonds. The molecule has 0 aliphatic carbocycles. The van der Waals surface area contributed by atoms with Crippen LogP contribution in [0.25, 0.3) is 33.1 Å². The van der Waals surface area contributed by atoms with Crippen molar-refractivity contribution in [3.8, 4) is 22.8 Å². The predicted molar refractivity (Wildman–Crippen MR) is 158 cm³/mol. The molecule has 1 saturated heterocycles. The highest BCUT2D eigenvalue weighted by atomic mass is 16.7. The number of anilines is 2. The smallest absolute Gasteiger partial charge is 0.255 e. The third kappa shape index (κ3) is 4.26. The molecule has 0 saturated carbocycles. The Balaban J connectivity index is 1.26. The molecule has 0 unspecified atom stereocenters. The number of rotatable bonds is 5. The third-order valence-corrected chi connectivity index (χ3v) is 7.78. The third-order valence-electron chi connectivity index (χ3n) is 7.78. The van der Waals surface area contributed by atoms with Gasteiger partial charge in [0.2, 0.25) is 12.7 Å². The van der Waals surface area contributed by atoms with Crippen molar-refractivity contribution < 1.29 is 19.1 Å². The van der Waals surface area contributed by atoms with Gasteiger partial charge in [0.05, 0.1) is 17.1 Å². The molecular formula is C31H27N7O4. The highest BCUT2D eigenvalue weighted by Gasteiger charge is 2.31. The van der Waals surface area contributed by atoms with Crippen LogP contribution in [-0.4, -0.2) is 56.3 Å². The molecule has 0 radical (unpaired) electrons. The van der Waals surface area contributed by atoms with Crippen molar-refractivity contribution in [3.63, 3.8) is 0 Å². The number of benzene rings is 3. The Morgan fingerprint density at radius 1 is 1.05 bits per heavy atom. The van der Waals surface area contributed by atoms with Crippen LogP contribution in [0.15, 0.2) is 73.6 Å². The van der Waals surface area contributed by atoms with Crippen LogP contribution in [0.3, 0.4) is 0 Å². The lowest BCUT2D eigenvalue weighted by atomic mass is 10.0.